The molecule has 2 N–H and O–H groups in total. The van der Waals surface area contributed by atoms with E-state index in [1.807, 2.05) is 0 Å². The van der Waals surface area contributed by atoms with E-state index in [2.05, 4.69) is 15.6 Å². The van der Waals surface area contributed by atoms with Gasteiger partial charge in [0.1, 0.15) is 11.6 Å². The van der Waals surface area contributed by atoms with Gasteiger partial charge in [0, 0.05) is 11.3 Å². The maximum absolute atomic E-state index is 12.6. The highest BCUT2D eigenvalue weighted by Crippen LogP contribution is 2.30. The van der Waals surface area contributed by atoms with Crippen LogP contribution in [0.4, 0.5) is 30.4 Å². The van der Waals surface area contributed by atoms with Gasteiger partial charge in [-0.1, -0.05) is 6.07 Å². The Morgan fingerprint density at radius 1 is 1.00 bits per heavy atom. The van der Waals surface area contributed by atoms with E-state index in [1.165, 1.54) is 25.4 Å². The summed E-state index contributed by atoms with van der Waals surface area (Å²) in [7, 11) is 1.51. The lowest BCUT2D eigenvalue weighted by Crippen LogP contribution is -2.13. The molecule has 0 aliphatic carbocycles. The van der Waals surface area contributed by atoms with Crippen LogP contribution in [-0.4, -0.2) is 18.0 Å². The summed E-state index contributed by atoms with van der Waals surface area (Å²) in [5, 5.41) is 5.62. The molecule has 0 atom stereocenters. The second-order valence-electron chi connectivity index (χ2n) is 5.82. The van der Waals surface area contributed by atoms with E-state index < -0.39 is 11.7 Å². The smallest absolute Gasteiger partial charge is 0.416 e. The minimum absolute atomic E-state index is 0.338. The lowest BCUT2D eigenvalue weighted by atomic mass is 10.2. The average molecular weight is 387 g/mol. The minimum Gasteiger partial charge on any atom is -0.497 e. The van der Waals surface area contributed by atoms with Crippen LogP contribution in [-0.2, 0) is 6.18 Å². The van der Waals surface area contributed by atoms with E-state index in [-0.39, 0.29) is 5.91 Å². The molecular weight excluding hydrogens is 371 g/mol. The molecule has 2 aromatic carbocycles. The molecule has 0 aliphatic heterocycles. The fraction of sp³-hybridized carbons (Fsp3) is 0.100. The predicted octanol–water partition coefficient (Wildman–Crippen LogP) is 5.10. The maximum Gasteiger partial charge on any atom is 0.416 e. The first kappa shape index (κ1) is 19.2. The van der Waals surface area contributed by atoms with Gasteiger partial charge in [0.25, 0.3) is 5.91 Å². The van der Waals surface area contributed by atoms with Gasteiger partial charge in [-0.25, -0.2) is 4.98 Å². The maximum atomic E-state index is 12.6. The van der Waals surface area contributed by atoms with Crippen LogP contribution in [0.15, 0.2) is 66.9 Å². The third-order valence-electron chi connectivity index (χ3n) is 3.84. The number of anilines is 3. The molecule has 0 saturated heterocycles. The topological polar surface area (TPSA) is 63.2 Å². The molecule has 1 heterocycles. The molecule has 5 nitrogen and oxygen atoms in total. The van der Waals surface area contributed by atoms with E-state index in [0.29, 0.717) is 28.5 Å². The van der Waals surface area contributed by atoms with Crippen molar-refractivity contribution in [3.63, 3.8) is 0 Å². The van der Waals surface area contributed by atoms with Gasteiger partial charge in [-0.05, 0) is 54.6 Å². The molecule has 0 saturated carbocycles. The van der Waals surface area contributed by atoms with Crippen LogP contribution in [0.2, 0.25) is 0 Å². The van der Waals surface area contributed by atoms with Crippen molar-refractivity contribution in [3.8, 4) is 5.75 Å². The van der Waals surface area contributed by atoms with E-state index in [9.17, 15) is 18.0 Å². The number of amides is 1. The van der Waals surface area contributed by atoms with Crippen molar-refractivity contribution in [2.45, 2.75) is 6.18 Å². The number of hydrogen-bond acceptors (Lipinski definition) is 4. The summed E-state index contributed by atoms with van der Waals surface area (Å²) < 4.78 is 42.9. The first-order valence-corrected chi connectivity index (χ1v) is 8.21. The molecule has 8 heteroatoms. The summed E-state index contributed by atoms with van der Waals surface area (Å²) in [6.45, 7) is 0. The number of aromatic nitrogens is 1. The number of benzene rings is 2. The van der Waals surface area contributed by atoms with E-state index >= 15 is 0 Å². The summed E-state index contributed by atoms with van der Waals surface area (Å²) in [6, 6.07) is 14.6. The Morgan fingerprint density at radius 3 is 2.32 bits per heavy atom. The van der Waals surface area contributed by atoms with Gasteiger partial charge in [0.05, 0.1) is 24.6 Å². The van der Waals surface area contributed by atoms with Crippen molar-refractivity contribution >= 4 is 23.1 Å². The number of alkyl halides is 3. The van der Waals surface area contributed by atoms with Crippen molar-refractivity contribution in [2.75, 3.05) is 17.7 Å². The Morgan fingerprint density at radius 2 is 1.71 bits per heavy atom. The zero-order valence-corrected chi connectivity index (χ0v) is 14.7. The number of ether oxygens (including phenoxy) is 1. The highest BCUT2D eigenvalue weighted by molar-refractivity contribution is 6.04. The molecule has 0 radical (unpaired) electrons. The van der Waals surface area contributed by atoms with Crippen molar-refractivity contribution in [1.82, 2.24) is 4.98 Å². The average Bonchev–Trinajstić information content (AvgIpc) is 2.69. The highest BCUT2D eigenvalue weighted by Gasteiger charge is 2.29. The molecule has 28 heavy (non-hydrogen) atoms. The van der Waals surface area contributed by atoms with Gasteiger partial charge in [-0.15, -0.1) is 0 Å². The van der Waals surface area contributed by atoms with Crippen LogP contribution in [0, 0.1) is 0 Å². The zero-order valence-electron chi connectivity index (χ0n) is 14.7. The zero-order chi connectivity index (χ0) is 20.1. The van der Waals surface area contributed by atoms with Gasteiger partial charge >= 0.3 is 6.18 Å². The van der Waals surface area contributed by atoms with Crippen LogP contribution in [0.1, 0.15) is 15.9 Å². The Kier molecular flexibility index (Phi) is 5.49. The molecule has 3 rings (SSSR count). The summed E-state index contributed by atoms with van der Waals surface area (Å²) in [5.41, 5.74) is 0.766. The Balaban J connectivity index is 1.64. The summed E-state index contributed by atoms with van der Waals surface area (Å²) in [6.07, 6.45) is -2.90. The van der Waals surface area contributed by atoms with Gasteiger partial charge in [-0.2, -0.15) is 13.2 Å². The summed E-state index contributed by atoms with van der Waals surface area (Å²) >= 11 is 0. The van der Waals surface area contributed by atoms with Crippen molar-refractivity contribution in [3.05, 3.63) is 78.0 Å². The molecule has 0 bridgehead atoms. The van der Waals surface area contributed by atoms with Crippen molar-refractivity contribution < 1.29 is 22.7 Å². The third kappa shape index (κ3) is 4.79. The molecule has 144 valence electrons. The largest absolute Gasteiger partial charge is 0.497 e. The van der Waals surface area contributed by atoms with Crippen molar-refractivity contribution in [2.24, 2.45) is 0 Å². The van der Waals surface area contributed by atoms with E-state index in [4.69, 9.17) is 4.74 Å². The Bertz CT molecular complexity index is 956. The van der Waals surface area contributed by atoms with Crippen LogP contribution >= 0.6 is 0 Å². The van der Waals surface area contributed by atoms with Crippen LogP contribution in [0.25, 0.3) is 0 Å². The van der Waals surface area contributed by atoms with Gasteiger partial charge in [0.15, 0.2) is 0 Å². The molecule has 1 aromatic heterocycles. The highest BCUT2D eigenvalue weighted by atomic mass is 19.4. The molecule has 0 fully saturated rings. The van der Waals surface area contributed by atoms with Crippen LogP contribution in [0.3, 0.4) is 0 Å². The number of nitrogens with one attached hydrogen (secondary N) is 2. The molecular formula is C20H16F3N3O2. The first-order valence-electron chi connectivity index (χ1n) is 8.21. The predicted molar refractivity (Wildman–Crippen MR) is 99.9 cm³/mol. The lowest BCUT2D eigenvalue weighted by Gasteiger charge is -2.10. The minimum atomic E-state index is -4.37. The van der Waals surface area contributed by atoms with Gasteiger partial charge < -0.3 is 15.4 Å². The number of rotatable bonds is 5. The molecule has 0 aliphatic rings. The molecule has 3 aromatic rings. The fourth-order valence-corrected chi connectivity index (χ4v) is 2.40. The van der Waals surface area contributed by atoms with E-state index in [1.54, 1.807) is 36.4 Å². The first-order chi connectivity index (χ1) is 13.3. The lowest BCUT2D eigenvalue weighted by molar-refractivity contribution is -0.137. The van der Waals surface area contributed by atoms with Gasteiger partial charge in [-0.3, -0.25) is 4.79 Å². The number of pyridine rings is 1. The number of halogens is 3. The second-order valence-corrected chi connectivity index (χ2v) is 5.82. The standard InChI is InChI=1S/C20H16F3N3O2/c1-28-17-4-2-3-13(11-17)19(27)26-18-10-9-16(12-24-18)25-15-7-5-14(6-8-15)20(21,22)23/h2-12,25H,1H3,(H,24,26,27). The number of methoxy groups -OCH3 is 1. The SMILES string of the molecule is COc1cccc(C(=O)Nc2ccc(Nc3ccc(C(F)(F)F)cc3)cn2)c1. The fourth-order valence-electron chi connectivity index (χ4n) is 2.40. The van der Waals surface area contributed by atoms with Crippen molar-refractivity contribution in [1.29, 1.82) is 0 Å². The monoisotopic (exact) mass is 387 g/mol. The Hall–Kier alpha value is -3.55. The molecule has 1 amide bonds. The van der Waals surface area contributed by atoms with Gasteiger partial charge in [0.2, 0.25) is 0 Å². The molecule has 0 spiro atoms. The second kappa shape index (κ2) is 7.99. The number of carbonyl (C=O) groups is 1. The summed E-state index contributed by atoms with van der Waals surface area (Å²) in [4.78, 5) is 16.4. The quantitative estimate of drug-likeness (QED) is 0.639. The number of carbonyl (C=O) groups excluding carboxylic acids is 1. The normalized spacial score (nSPS) is 11.0. The number of nitrogens with zero attached hydrogens (tertiary/aromatic N) is 1. The molecule has 0 unspecified atom stereocenters. The van der Waals surface area contributed by atoms with E-state index in [0.717, 1.165) is 12.1 Å². The number of hydrogen-bond donors (Lipinski definition) is 2. The Labute approximate surface area is 159 Å². The van der Waals surface area contributed by atoms with Crippen LogP contribution < -0.4 is 15.4 Å². The summed E-state index contributed by atoms with van der Waals surface area (Å²) in [5.74, 6) is 0.567. The van der Waals surface area contributed by atoms with Crippen LogP contribution in [0.5, 0.6) is 5.75 Å². The third-order valence-corrected chi connectivity index (χ3v) is 3.84.